The fourth-order valence-electron chi connectivity index (χ4n) is 3.36. The summed E-state index contributed by atoms with van der Waals surface area (Å²) in [6.07, 6.45) is -1.22. The zero-order valence-electron chi connectivity index (χ0n) is 15.5. The molecule has 3 heterocycles. The largest absolute Gasteiger partial charge is 0.471 e. The molecule has 7 nitrogen and oxygen atoms in total. The van der Waals surface area contributed by atoms with Crippen molar-refractivity contribution >= 4 is 16.6 Å². The van der Waals surface area contributed by atoms with Crippen LogP contribution in [0.25, 0.3) is 10.9 Å². The SMILES string of the molecule is Cc1cc(CN2CCN(c3ccc4ncnc(OCC(F)F)c4c3)CC2)no1. The predicted molar refractivity (Wildman–Crippen MR) is 99.8 cm³/mol. The molecule has 1 aliphatic rings. The van der Waals surface area contributed by atoms with Crippen LogP contribution in [0.2, 0.25) is 0 Å². The zero-order chi connectivity index (χ0) is 19.5. The predicted octanol–water partition coefficient (Wildman–Crippen LogP) is 2.89. The summed E-state index contributed by atoms with van der Waals surface area (Å²) in [6, 6.07) is 7.72. The number of benzene rings is 1. The molecule has 148 valence electrons. The molecule has 0 amide bonds. The maximum atomic E-state index is 12.5. The van der Waals surface area contributed by atoms with E-state index < -0.39 is 13.0 Å². The number of nitrogens with zero attached hydrogens (tertiary/aromatic N) is 5. The minimum Gasteiger partial charge on any atom is -0.471 e. The molecule has 1 aliphatic heterocycles. The van der Waals surface area contributed by atoms with Crippen LogP contribution in [-0.4, -0.2) is 59.2 Å². The summed E-state index contributed by atoms with van der Waals surface area (Å²) in [5.74, 6) is 1.00. The van der Waals surface area contributed by atoms with E-state index in [-0.39, 0.29) is 5.88 Å². The highest BCUT2D eigenvalue weighted by Gasteiger charge is 2.19. The van der Waals surface area contributed by atoms with Crippen LogP contribution in [0.1, 0.15) is 11.5 Å². The van der Waals surface area contributed by atoms with Gasteiger partial charge in [0, 0.05) is 44.5 Å². The molecule has 3 aromatic rings. The minimum absolute atomic E-state index is 0.187. The molecule has 0 unspecified atom stereocenters. The first-order valence-electron chi connectivity index (χ1n) is 9.14. The number of piperazine rings is 1. The third-order valence-corrected chi connectivity index (χ3v) is 4.73. The van der Waals surface area contributed by atoms with Crippen LogP contribution in [0.4, 0.5) is 14.5 Å². The third-order valence-electron chi connectivity index (χ3n) is 4.73. The molecule has 1 aromatic carbocycles. The normalized spacial score (nSPS) is 15.5. The van der Waals surface area contributed by atoms with Gasteiger partial charge in [0.15, 0.2) is 6.61 Å². The van der Waals surface area contributed by atoms with Gasteiger partial charge in [-0.2, -0.15) is 0 Å². The number of fused-ring (bicyclic) bond motifs is 1. The summed E-state index contributed by atoms with van der Waals surface area (Å²) in [5, 5.41) is 4.69. The second kappa shape index (κ2) is 8.05. The lowest BCUT2D eigenvalue weighted by molar-refractivity contribution is 0.0804. The highest BCUT2D eigenvalue weighted by atomic mass is 19.3. The number of aryl methyl sites for hydroxylation is 1. The molecule has 0 saturated carbocycles. The monoisotopic (exact) mass is 389 g/mol. The van der Waals surface area contributed by atoms with Crippen molar-refractivity contribution < 1.29 is 18.0 Å². The van der Waals surface area contributed by atoms with Crippen LogP contribution in [0.15, 0.2) is 35.1 Å². The smallest absolute Gasteiger partial charge is 0.272 e. The summed E-state index contributed by atoms with van der Waals surface area (Å²) >= 11 is 0. The summed E-state index contributed by atoms with van der Waals surface area (Å²) in [7, 11) is 0. The lowest BCUT2D eigenvalue weighted by Gasteiger charge is -2.35. The molecule has 0 spiro atoms. The molecule has 0 radical (unpaired) electrons. The second-order valence-corrected chi connectivity index (χ2v) is 6.77. The van der Waals surface area contributed by atoms with E-state index >= 15 is 0 Å². The first-order valence-corrected chi connectivity index (χ1v) is 9.14. The van der Waals surface area contributed by atoms with Gasteiger partial charge in [-0.1, -0.05) is 5.16 Å². The number of hydrogen-bond acceptors (Lipinski definition) is 7. The average molecular weight is 389 g/mol. The van der Waals surface area contributed by atoms with Crippen molar-refractivity contribution in [3.05, 3.63) is 42.0 Å². The van der Waals surface area contributed by atoms with E-state index in [1.54, 1.807) is 0 Å². The van der Waals surface area contributed by atoms with Crippen LogP contribution >= 0.6 is 0 Å². The van der Waals surface area contributed by atoms with Crippen LogP contribution < -0.4 is 9.64 Å². The van der Waals surface area contributed by atoms with E-state index in [1.807, 2.05) is 31.2 Å². The van der Waals surface area contributed by atoms with Crippen LogP contribution in [0.5, 0.6) is 5.88 Å². The Morgan fingerprint density at radius 2 is 1.96 bits per heavy atom. The first kappa shape index (κ1) is 18.5. The number of aromatic nitrogens is 3. The van der Waals surface area contributed by atoms with Crippen molar-refractivity contribution in [3.63, 3.8) is 0 Å². The molecule has 2 aromatic heterocycles. The number of rotatable bonds is 6. The molecule has 0 atom stereocenters. The molecule has 28 heavy (non-hydrogen) atoms. The Kier molecular flexibility index (Phi) is 5.34. The average Bonchev–Trinajstić information content (AvgIpc) is 3.11. The lowest BCUT2D eigenvalue weighted by atomic mass is 10.2. The Labute approximate surface area is 160 Å². The molecule has 9 heteroatoms. The number of halogens is 2. The summed E-state index contributed by atoms with van der Waals surface area (Å²) in [5.41, 5.74) is 2.61. The van der Waals surface area contributed by atoms with Crippen molar-refractivity contribution in [2.45, 2.75) is 19.9 Å². The Hall–Kier alpha value is -2.81. The van der Waals surface area contributed by atoms with Crippen LogP contribution in [0, 0.1) is 6.92 Å². The van der Waals surface area contributed by atoms with E-state index in [9.17, 15) is 8.78 Å². The maximum Gasteiger partial charge on any atom is 0.272 e. The maximum absolute atomic E-state index is 12.5. The summed E-state index contributed by atoms with van der Waals surface area (Å²) in [6.45, 7) is 5.45. The molecule has 1 fully saturated rings. The van der Waals surface area contributed by atoms with Gasteiger partial charge in [0.05, 0.1) is 16.6 Å². The Balaban J connectivity index is 1.45. The fraction of sp³-hybridized carbons (Fsp3) is 0.421. The third kappa shape index (κ3) is 4.19. The highest BCUT2D eigenvalue weighted by molar-refractivity contribution is 5.86. The van der Waals surface area contributed by atoms with Gasteiger partial charge in [0.2, 0.25) is 5.88 Å². The zero-order valence-corrected chi connectivity index (χ0v) is 15.5. The van der Waals surface area contributed by atoms with Crippen LogP contribution in [-0.2, 0) is 6.54 Å². The Bertz CT molecular complexity index is 941. The van der Waals surface area contributed by atoms with Gasteiger partial charge in [-0.3, -0.25) is 4.90 Å². The Morgan fingerprint density at radius 3 is 2.68 bits per heavy atom. The summed E-state index contributed by atoms with van der Waals surface area (Å²) in [4.78, 5) is 12.8. The van der Waals surface area contributed by atoms with E-state index in [4.69, 9.17) is 9.26 Å². The molecule has 4 rings (SSSR count). The van der Waals surface area contributed by atoms with Crippen molar-refractivity contribution in [1.29, 1.82) is 0 Å². The van der Waals surface area contributed by atoms with E-state index in [2.05, 4.69) is 24.9 Å². The highest BCUT2D eigenvalue weighted by Crippen LogP contribution is 2.27. The van der Waals surface area contributed by atoms with Crippen molar-refractivity contribution in [3.8, 4) is 5.88 Å². The van der Waals surface area contributed by atoms with Crippen molar-refractivity contribution in [2.24, 2.45) is 0 Å². The number of anilines is 1. The van der Waals surface area contributed by atoms with Crippen molar-refractivity contribution in [1.82, 2.24) is 20.0 Å². The number of alkyl halides is 2. The molecule has 0 aliphatic carbocycles. The van der Waals surface area contributed by atoms with Gasteiger partial charge < -0.3 is 14.2 Å². The van der Waals surface area contributed by atoms with Gasteiger partial charge in [-0.25, -0.2) is 18.7 Å². The lowest BCUT2D eigenvalue weighted by Crippen LogP contribution is -2.46. The standard InChI is InChI=1S/C19H21F2N5O2/c1-13-8-14(24-28-13)10-25-4-6-26(7-5-25)15-2-3-17-16(9-15)19(23-12-22-17)27-11-18(20)21/h2-3,8-9,12,18H,4-7,10-11H2,1H3. The quantitative estimate of drug-likeness (QED) is 0.642. The summed E-state index contributed by atoms with van der Waals surface area (Å²) < 4.78 is 35.3. The molecule has 1 saturated heterocycles. The van der Waals surface area contributed by atoms with Gasteiger partial charge in [-0.15, -0.1) is 0 Å². The van der Waals surface area contributed by atoms with Crippen molar-refractivity contribution in [2.75, 3.05) is 37.7 Å². The second-order valence-electron chi connectivity index (χ2n) is 6.77. The van der Waals surface area contributed by atoms with Gasteiger partial charge in [0.25, 0.3) is 6.43 Å². The molecule has 0 N–H and O–H groups in total. The van der Waals surface area contributed by atoms with E-state index in [1.165, 1.54) is 6.33 Å². The van der Waals surface area contributed by atoms with Gasteiger partial charge >= 0.3 is 0 Å². The first-order chi connectivity index (χ1) is 13.6. The van der Waals surface area contributed by atoms with Gasteiger partial charge in [0.1, 0.15) is 12.1 Å². The number of ether oxygens (including phenoxy) is 1. The van der Waals surface area contributed by atoms with E-state index in [0.29, 0.717) is 10.9 Å². The van der Waals surface area contributed by atoms with Gasteiger partial charge in [-0.05, 0) is 25.1 Å². The minimum atomic E-state index is -2.55. The molecular formula is C19H21F2N5O2. The fourth-order valence-corrected chi connectivity index (χ4v) is 3.36. The van der Waals surface area contributed by atoms with Crippen LogP contribution in [0.3, 0.4) is 0 Å². The molecular weight excluding hydrogens is 368 g/mol. The topological polar surface area (TPSA) is 67.5 Å². The van der Waals surface area contributed by atoms with E-state index in [0.717, 1.165) is 49.9 Å². The molecule has 0 bridgehead atoms. The number of hydrogen-bond donors (Lipinski definition) is 0. The Morgan fingerprint density at radius 1 is 1.14 bits per heavy atom.